The molecule has 4 rings (SSSR count). The van der Waals surface area contributed by atoms with Crippen molar-refractivity contribution < 1.29 is 23.9 Å². The Morgan fingerprint density at radius 1 is 1.05 bits per heavy atom. The molecule has 1 aliphatic rings. The fourth-order valence-corrected chi connectivity index (χ4v) is 4.47. The summed E-state index contributed by atoms with van der Waals surface area (Å²) >= 11 is 6.55. The summed E-state index contributed by atoms with van der Waals surface area (Å²) in [6.07, 6.45) is 2.22. The van der Waals surface area contributed by atoms with E-state index in [-0.39, 0.29) is 5.70 Å². The zero-order valence-corrected chi connectivity index (χ0v) is 22.8. The fraction of sp³-hybridized carbons (Fsp3) is 0.233. The lowest BCUT2D eigenvalue weighted by Crippen LogP contribution is -2.38. The Morgan fingerprint density at radius 2 is 1.85 bits per heavy atom. The molecule has 8 nitrogen and oxygen atoms in total. The molecule has 1 aliphatic heterocycles. The summed E-state index contributed by atoms with van der Waals surface area (Å²) in [5.74, 6) is -0.299. The molecule has 0 saturated carbocycles. The number of carbonyl (C=O) groups excluding carboxylic acids is 3. The van der Waals surface area contributed by atoms with Crippen LogP contribution in [0.25, 0.3) is 6.08 Å². The summed E-state index contributed by atoms with van der Waals surface area (Å²) in [5, 5.41) is 5.61. The number of amides is 4. The molecule has 1 fully saturated rings. The van der Waals surface area contributed by atoms with Gasteiger partial charge in [0.1, 0.15) is 18.8 Å². The minimum Gasteiger partial charge on any atom is -0.490 e. The number of imide groups is 1. The molecule has 202 valence electrons. The van der Waals surface area contributed by atoms with Crippen LogP contribution in [0.1, 0.15) is 36.1 Å². The molecule has 0 bridgehead atoms. The maximum absolute atomic E-state index is 13.0. The van der Waals surface area contributed by atoms with Crippen LogP contribution in [0.15, 0.2) is 66.4 Å². The standard InChI is InChI=1S/C30H30ClN3O5/c1-4-22-11-6-7-12-24(22)32-27(35)17-34-29(36)25(33-30(34)37)15-21-14-23(31)28(26(16-21)38-5-2)39-18-20-10-8-9-19(3)13-20/h6-16H,4-5,17-18H2,1-3H3,(H,32,35)(H,33,37)/b25-15+. The highest BCUT2D eigenvalue weighted by molar-refractivity contribution is 6.32. The second-order valence-electron chi connectivity index (χ2n) is 8.98. The van der Waals surface area contributed by atoms with Gasteiger partial charge < -0.3 is 20.1 Å². The van der Waals surface area contributed by atoms with Gasteiger partial charge in [0.25, 0.3) is 5.91 Å². The molecule has 0 aromatic heterocycles. The Morgan fingerprint density at radius 3 is 2.59 bits per heavy atom. The Hall–Kier alpha value is -4.30. The molecule has 9 heteroatoms. The lowest BCUT2D eigenvalue weighted by molar-refractivity contribution is -0.127. The average Bonchev–Trinajstić information content (AvgIpc) is 3.16. The van der Waals surface area contributed by atoms with Gasteiger partial charge in [-0.2, -0.15) is 0 Å². The summed E-state index contributed by atoms with van der Waals surface area (Å²) < 4.78 is 11.7. The lowest BCUT2D eigenvalue weighted by atomic mass is 10.1. The third-order valence-corrected chi connectivity index (χ3v) is 6.33. The van der Waals surface area contributed by atoms with Gasteiger partial charge in [-0.25, -0.2) is 9.69 Å². The highest BCUT2D eigenvalue weighted by atomic mass is 35.5. The molecule has 0 aliphatic carbocycles. The first kappa shape index (κ1) is 27.7. The lowest BCUT2D eigenvalue weighted by Gasteiger charge is -2.15. The summed E-state index contributed by atoms with van der Waals surface area (Å²) in [6, 6.07) is 18.0. The van der Waals surface area contributed by atoms with Gasteiger partial charge >= 0.3 is 6.03 Å². The van der Waals surface area contributed by atoms with Crippen molar-refractivity contribution >= 4 is 41.2 Å². The molecule has 0 atom stereocenters. The molecular formula is C30H30ClN3O5. The van der Waals surface area contributed by atoms with Crippen molar-refractivity contribution in [1.29, 1.82) is 0 Å². The fourth-order valence-electron chi connectivity index (χ4n) is 4.20. The van der Waals surface area contributed by atoms with Gasteiger partial charge in [0.05, 0.1) is 11.6 Å². The van der Waals surface area contributed by atoms with Gasteiger partial charge in [-0.3, -0.25) is 9.59 Å². The number of benzene rings is 3. The molecule has 39 heavy (non-hydrogen) atoms. The van der Waals surface area contributed by atoms with Crippen molar-refractivity contribution in [2.45, 2.75) is 33.8 Å². The largest absolute Gasteiger partial charge is 0.490 e. The number of anilines is 1. The van der Waals surface area contributed by atoms with Crippen molar-refractivity contribution in [3.05, 3.63) is 93.6 Å². The van der Waals surface area contributed by atoms with E-state index in [1.54, 1.807) is 18.2 Å². The van der Waals surface area contributed by atoms with Crippen LogP contribution in [0.4, 0.5) is 10.5 Å². The number of para-hydroxylation sites is 1. The predicted molar refractivity (Wildman–Crippen MR) is 151 cm³/mol. The van der Waals surface area contributed by atoms with E-state index in [0.29, 0.717) is 41.0 Å². The molecule has 3 aromatic rings. The van der Waals surface area contributed by atoms with Crippen molar-refractivity contribution in [2.24, 2.45) is 0 Å². The zero-order valence-electron chi connectivity index (χ0n) is 22.0. The summed E-state index contributed by atoms with van der Waals surface area (Å²) in [4.78, 5) is 39.0. The Bertz CT molecular complexity index is 1440. The monoisotopic (exact) mass is 547 g/mol. The molecule has 0 radical (unpaired) electrons. The van der Waals surface area contributed by atoms with Crippen molar-refractivity contribution in [3.63, 3.8) is 0 Å². The van der Waals surface area contributed by atoms with E-state index in [1.807, 2.05) is 63.2 Å². The van der Waals surface area contributed by atoms with Crippen LogP contribution in [-0.2, 0) is 22.6 Å². The van der Waals surface area contributed by atoms with E-state index >= 15 is 0 Å². The highest BCUT2D eigenvalue weighted by Gasteiger charge is 2.35. The SMILES string of the molecule is CCOc1cc(/C=C2/NC(=O)N(CC(=O)Nc3ccccc3CC)C2=O)cc(Cl)c1OCc1cccc(C)c1. The number of halogens is 1. The summed E-state index contributed by atoms with van der Waals surface area (Å²) in [6.45, 7) is 6.08. The van der Waals surface area contributed by atoms with E-state index in [2.05, 4.69) is 10.6 Å². The Balaban J connectivity index is 1.49. The number of rotatable bonds is 10. The Labute approximate surface area is 232 Å². The number of hydrogen-bond acceptors (Lipinski definition) is 5. The molecular weight excluding hydrogens is 518 g/mol. The first-order chi connectivity index (χ1) is 18.8. The number of carbonyl (C=O) groups is 3. The minimum absolute atomic E-state index is 0.0219. The van der Waals surface area contributed by atoms with Crippen molar-refractivity contribution in [2.75, 3.05) is 18.5 Å². The average molecular weight is 548 g/mol. The number of hydrogen-bond donors (Lipinski definition) is 2. The van der Waals surface area contributed by atoms with Gasteiger partial charge in [0, 0.05) is 5.69 Å². The summed E-state index contributed by atoms with van der Waals surface area (Å²) in [5.41, 5.74) is 4.26. The van der Waals surface area contributed by atoms with Crippen LogP contribution in [0.3, 0.4) is 0 Å². The molecule has 4 amide bonds. The van der Waals surface area contributed by atoms with Crippen LogP contribution in [0.5, 0.6) is 11.5 Å². The van der Waals surface area contributed by atoms with E-state index in [4.69, 9.17) is 21.1 Å². The maximum atomic E-state index is 13.0. The number of urea groups is 1. The van der Waals surface area contributed by atoms with E-state index in [1.165, 1.54) is 6.08 Å². The highest BCUT2D eigenvalue weighted by Crippen LogP contribution is 2.38. The second kappa shape index (κ2) is 12.5. The number of aryl methyl sites for hydroxylation is 2. The van der Waals surface area contributed by atoms with Crippen LogP contribution in [0, 0.1) is 6.92 Å². The normalized spacial score (nSPS) is 13.9. The maximum Gasteiger partial charge on any atom is 0.329 e. The molecule has 3 aromatic carbocycles. The minimum atomic E-state index is -0.681. The van der Waals surface area contributed by atoms with Gasteiger partial charge in [-0.15, -0.1) is 0 Å². The van der Waals surface area contributed by atoms with E-state index in [9.17, 15) is 14.4 Å². The molecule has 1 saturated heterocycles. The van der Waals surface area contributed by atoms with E-state index in [0.717, 1.165) is 28.0 Å². The zero-order chi connectivity index (χ0) is 27.9. The van der Waals surface area contributed by atoms with Gasteiger partial charge in [0.2, 0.25) is 5.91 Å². The molecule has 1 heterocycles. The number of ether oxygens (including phenoxy) is 2. The van der Waals surface area contributed by atoms with E-state index < -0.39 is 24.4 Å². The molecule has 2 N–H and O–H groups in total. The third kappa shape index (κ3) is 6.78. The smallest absolute Gasteiger partial charge is 0.329 e. The quantitative estimate of drug-likeness (QED) is 0.250. The topological polar surface area (TPSA) is 97.0 Å². The first-order valence-electron chi connectivity index (χ1n) is 12.7. The van der Waals surface area contributed by atoms with Crippen molar-refractivity contribution in [3.8, 4) is 11.5 Å². The van der Waals surface area contributed by atoms with Gasteiger partial charge in [0.15, 0.2) is 11.5 Å². The second-order valence-corrected chi connectivity index (χ2v) is 9.39. The Kier molecular flexibility index (Phi) is 8.88. The number of nitrogens with zero attached hydrogens (tertiary/aromatic N) is 1. The van der Waals surface area contributed by atoms with Crippen molar-refractivity contribution in [1.82, 2.24) is 10.2 Å². The molecule has 0 spiro atoms. The predicted octanol–water partition coefficient (Wildman–Crippen LogP) is 5.72. The van der Waals surface area contributed by atoms with Crippen LogP contribution < -0.4 is 20.1 Å². The van der Waals surface area contributed by atoms with Gasteiger partial charge in [-0.05, 0) is 61.2 Å². The van der Waals surface area contributed by atoms with Gasteiger partial charge in [-0.1, -0.05) is 66.6 Å². The molecule has 0 unspecified atom stereocenters. The first-order valence-corrected chi connectivity index (χ1v) is 13.0. The number of nitrogens with one attached hydrogen (secondary N) is 2. The van der Waals surface area contributed by atoms with Crippen LogP contribution in [0.2, 0.25) is 5.02 Å². The van der Waals surface area contributed by atoms with Crippen LogP contribution >= 0.6 is 11.6 Å². The third-order valence-electron chi connectivity index (χ3n) is 6.04. The summed E-state index contributed by atoms with van der Waals surface area (Å²) in [7, 11) is 0. The van der Waals surface area contributed by atoms with Crippen LogP contribution in [-0.4, -0.2) is 35.9 Å².